The van der Waals surface area contributed by atoms with Crippen molar-refractivity contribution in [2.24, 2.45) is 0 Å². The predicted octanol–water partition coefficient (Wildman–Crippen LogP) is 0.999. The van der Waals surface area contributed by atoms with Gasteiger partial charge in [0, 0.05) is 0 Å². The van der Waals surface area contributed by atoms with Gasteiger partial charge in [-0.15, -0.1) is 0 Å². The fourth-order valence-corrected chi connectivity index (χ4v) is 1.59. The topological polar surface area (TPSA) is 22.9 Å². The minimum Gasteiger partial charge on any atom is -0.497 e. The molecule has 16 heavy (non-hydrogen) atoms. The third kappa shape index (κ3) is 4.11. The molecule has 0 atom stereocenters. The summed E-state index contributed by atoms with van der Waals surface area (Å²) >= 11 is 0. The first kappa shape index (κ1) is 12.8. The van der Waals surface area contributed by atoms with Gasteiger partial charge in [-0.3, -0.25) is 0 Å². The van der Waals surface area contributed by atoms with E-state index in [1.807, 2.05) is 24.3 Å². The Morgan fingerprint density at radius 2 is 1.56 bits per heavy atom. The van der Waals surface area contributed by atoms with Crippen molar-refractivity contribution in [2.75, 3.05) is 33.4 Å². The molecule has 0 spiro atoms. The van der Waals surface area contributed by atoms with Gasteiger partial charge in [0.1, 0.15) is 24.7 Å². The highest BCUT2D eigenvalue weighted by molar-refractivity contribution is 5.30. The smallest absolute Gasteiger partial charge is 0.137 e. The van der Waals surface area contributed by atoms with Crippen molar-refractivity contribution in [3.63, 3.8) is 0 Å². The van der Waals surface area contributed by atoms with E-state index < -0.39 is 0 Å². The Morgan fingerprint density at radius 3 is 2.06 bits per heavy atom. The number of likely N-dealkylation sites (N-methyl/N-ethyl adjacent to an activating group) is 1. The lowest BCUT2D eigenvalue weighted by molar-refractivity contribution is -0.896. The van der Waals surface area contributed by atoms with Crippen molar-refractivity contribution in [1.82, 2.24) is 0 Å². The van der Waals surface area contributed by atoms with Crippen LogP contribution in [-0.4, -0.2) is 33.4 Å². The molecule has 1 N–H and O–H groups in total. The van der Waals surface area contributed by atoms with Crippen molar-refractivity contribution in [1.29, 1.82) is 0 Å². The molecular formula is C13H22NO2+. The molecule has 0 unspecified atom stereocenters. The van der Waals surface area contributed by atoms with Crippen LogP contribution >= 0.6 is 0 Å². The molecule has 0 heterocycles. The van der Waals surface area contributed by atoms with Gasteiger partial charge < -0.3 is 14.4 Å². The maximum atomic E-state index is 5.66. The van der Waals surface area contributed by atoms with Crippen molar-refractivity contribution in [3.8, 4) is 11.5 Å². The molecule has 3 nitrogen and oxygen atoms in total. The zero-order valence-corrected chi connectivity index (χ0v) is 10.5. The zero-order valence-electron chi connectivity index (χ0n) is 10.5. The molecule has 0 bridgehead atoms. The van der Waals surface area contributed by atoms with Crippen LogP contribution < -0.4 is 14.4 Å². The van der Waals surface area contributed by atoms with Crippen molar-refractivity contribution >= 4 is 0 Å². The van der Waals surface area contributed by atoms with Crippen LogP contribution in [-0.2, 0) is 0 Å². The van der Waals surface area contributed by atoms with E-state index in [-0.39, 0.29) is 0 Å². The maximum Gasteiger partial charge on any atom is 0.137 e. The molecule has 1 aromatic carbocycles. The lowest BCUT2D eigenvalue weighted by Crippen LogP contribution is -3.12. The molecule has 0 saturated carbocycles. The fraction of sp³-hybridized carbons (Fsp3) is 0.538. The Bertz CT molecular complexity index is 280. The molecule has 1 rings (SSSR count). The van der Waals surface area contributed by atoms with Gasteiger partial charge in [-0.25, -0.2) is 0 Å². The Hall–Kier alpha value is -1.22. The van der Waals surface area contributed by atoms with Crippen LogP contribution in [0.4, 0.5) is 0 Å². The van der Waals surface area contributed by atoms with Crippen LogP contribution in [0.25, 0.3) is 0 Å². The first-order valence-electron chi connectivity index (χ1n) is 5.90. The number of hydrogen-bond acceptors (Lipinski definition) is 2. The fourth-order valence-electron chi connectivity index (χ4n) is 1.59. The molecule has 0 aliphatic carbocycles. The largest absolute Gasteiger partial charge is 0.497 e. The molecule has 0 fully saturated rings. The quantitative estimate of drug-likeness (QED) is 0.746. The van der Waals surface area contributed by atoms with Crippen LogP contribution in [0.3, 0.4) is 0 Å². The number of benzene rings is 1. The van der Waals surface area contributed by atoms with E-state index >= 15 is 0 Å². The lowest BCUT2D eigenvalue weighted by Gasteiger charge is -2.15. The molecule has 0 radical (unpaired) electrons. The van der Waals surface area contributed by atoms with Crippen LogP contribution in [0.5, 0.6) is 11.5 Å². The zero-order chi connectivity index (χ0) is 11.8. The number of ether oxygens (including phenoxy) is 2. The van der Waals surface area contributed by atoms with Gasteiger partial charge >= 0.3 is 0 Å². The Morgan fingerprint density at radius 1 is 1.00 bits per heavy atom. The predicted molar refractivity (Wildman–Crippen MR) is 65.4 cm³/mol. The highest BCUT2D eigenvalue weighted by atomic mass is 16.5. The summed E-state index contributed by atoms with van der Waals surface area (Å²) in [4.78, 5) is 1.56. The van der Waals surface area contributed by atoms with Crippen LogP contribution in [0.15, 0.2) is 24.3 Å². The van der Waals surface area contributed by atoms with Crippen LogP contribution in [0.1, 0.15) is 13.8 Å². The second-order valence-corrected chi connectivity index (χ2v) is 3.73. The van der Waals surface area contributed by atoms with Gasteiger partial charge in [0.2, 0.25) is 0 Å². The average Bonchev–Trinajstić information content (AvgIpc) is 2.35. The summed E-state index contributed by atoms with van der Waals surface area (Å²) in [6.45, 7) is 8.53. The highest BCUT2D eigenvalue weighted by Crippen LogP contribution is 2.16. The lowest BCUT2D eigenvalue weighted by atomic mass is 10.3. The van der Waals surface area contributed by atoms with Crippen molar-refractivity contribution < 1.29 is 14.4 Å². The second-order valence-electron chi connectivity index (χ2n) is 3.73. The normalized spacial score (nSPS) is 10.5. The summed E-state index contributed by atoms with van der Waals surface area (Å²) in [5.41, 5.74) is 0. The standard InChI is InChI=1S/C13H21NO2/c1-4-14(5-2)10-11-16-13-8-6-12(15-3)7-9-13/h6-9H,4-5,10-11H2,1-3H3/p+1. The first-order chi connectivity index (χ1) is 7.80. The molecule has 0 amide bonds. The van der Waals surface area contributed by atoms with E-state index in [0.717, 1.165) is 37.7 Å². The number of nitrogens with one attached hydrogen (secondary N) is 1. The van der Waals surface area contributed by atoms with E-state index in [9.17, 15) is 0 Å². The summed E-state index contributed by atoms with van der Waals surface area (Å²) in [6.07, 6.45) is 0. The van der Waals surface area contributed by atoms with Crippen molar-refractivity contribution in [2.45, 2.75) is 13.8 Å². The van der Waals surface area contributed by atoms with Gasteiger partial charge in [-0.05, 0) is 38.1 Å². The Balaban J connectivity index is 2.31. The molecule has 3 heteroatoms. The van der Waals surface area contributed by atoms with Crippen LogP contribution in [0, 0.1) is 0 Å². The number of rotatable bonds is 7. The number of quaternary nitrogens is 1. The van der Waals surface area contributed by atoms with E-state index in [0.29, 0.717) is 0 Å². The molecule has 0 saturated heterocycles. The van der Waals surface area contributed by atoms with Gasteiger partial charge in [0.15, 0.2) is 0 Å². The minimum atomic E-state index is 0.767. The number of methoxy groups -OCH3 is 1. The minimum absolute atomic E-state index is 0.767. The van der Waals surface area contributed by atoms with Crippen LogP contribution in [0.2, 0.25) is 0 Å². The molecule has 0 aliphatic rings. The van der Waals surface area contributed by atoms with Crippen molar-refractivity contribution in [3.05, 3.63) is 24.3 Å². The molecule has 0 aliphatic heterocycles. The summed E-state index contributed by atoms with van der Waals surface area (Å²) in [5.74, 6) is 1.77. The van der Waals surface area contributed by atoms with E-state index in [2.05, 4.69) is 13.8 Å². The summed E-state index contributed by atoms with van der Waals surface area (Å²) < 4.78 is 10.8. The highest BCUT2D eigenvalue weighted by Gasteiger charge is 2.02. The Labute approximate surface area is 98.0 Å². The average molecular weight is 224 g/mol. The molecular weight excluding hydrogens is 202 g/mol. The van der Waals surface area contributed by atoms with Gasteiger partial charge in [-0.1, -0.05) is 0 Å². The van der Waals surface area contributed by atoms with E-state index in [1.165, 1.54) is 0 Å². The summed E-state index contributed by atoms with van der Waals surface area (Å²) in [7, 11) is 1.67. The van der Waals surface area contributed by atoms with E-state index in [1.54, 1.807) is 12.0 Å². The molecule has 0 aromatic heterocycles. The monoisotopic (exact) mass is 224 g/mol. The Kier molecular flexibility index (Phi) is 5.72. The SMILES string of the molecule is CC[NH+](CC)CCOc1ccc(OC)cc1. The third-order valence-corrected chi connectivity index (χ3v) is 2.78. The van der Waals surface area contributed by atoms with Gasteiger partial charge in [-0.2, -0.15) is 0 Å². The second kappa shape index (κ2) is 7.12. The van der Waals surface area contributed by atoms with E-state index in [4.69, 9.17) is 9.47 Å². The first-order valence-corrected chi connectivity index (χ1v) is 5.90. The summed E-state index contributed by atoms with van der Waals surface area (Å²) in [5, 5.41) is 0. The molecule has 1 aromatic rings. The molecule has 90 valence electrons. The number of hydrogen-bond donors (Lipinski definition) is 1. The van der Waals surface area contributed by atoms with Gasteiger partial charge in [0.05, 0.1) is 20.2 Å². The third-order valence-electron chi connectivity index (χ3n) is 2.78. The van der Waals surface area contributed by atoms with Gasteiger partial charge in [0.25, 0.3) is 0 Å². The maximum absolute atomic E-state index is 5.66. The summed E-state index contributed by atoms with van der Waals surface area (Å²) in [6, 6.07) is 7.71.